The summed E-state index contributed by atoms with van der Waals surface area (Å²) in [4.78, 5) is 0. The Hall–Kier alpha value is -1.64. The maximum atomic E-state index is 5.28. The number of methoxy groups -OCH3 is 1. The van der Waals surface area contributed by atoms with Gasteiger partial charge in [0.05, 0.1) is 6.61 Å². The van der Waals surface area contributed by atoms with Crippen molar-refractivity contribution >= 4 is 0 Å². The number of hydrogen-bond acceptors (Lipinski definition) is 2. The summed E-state index contributed by atoms with van der Waals surface area (Å²) < 4.78 is 5.28. The minimum absolute atomic E-state index is 0.363. The number of rotatable bonds is 7. The summed E-state index contributed by atoms with van der Waals surface area (Å²) in [7, 11) is 1.74. The van der Waals surface area contributed by atoms with Crippen molar-refractivity contribution in [3.05, 3.63) is 71.3 Å². The van der Waals surface area contributed by atoms with Gasteiger partial charge >= 0.3 is 0 Å². The van der Waals surface area contributed by atoms with E-state index >= 15 is 0 Å². The van der Waals surface area contributed by atoms with Gasteiger partial charge in [-0.1, -0.05) is 68.4 Å². The van der Waals surface area contributed by atoms with Crippen molar-refractivity contribution in [2.24, 2.45) is 5.92 Å². The number of hydrogen-bond donors (Lipinski definition) is 1. The normalized spacial score (nSPS) is 12.6. The minimum atomic E-state index is 0.363. The van der Waals surface area contributed by atoms with Crippen LogP contribution in [0.15, 0.2) is 54.6 Å². The van der Waals surface area contributed by atoms with E-state index < -0.39 is 0 Å². The van der Waals surface area contributed by atoms with Gasteiger partial charge in [-0.2, -0.15) is 0 Å². The largest absolute Gasteiger partial charge is 0.380 e. The predicted molar refractivity (Wildman–Crippen MR) is 88.0 cm³/mol. The lowest BCUT2D eigenvalue weighted by Crippen LogP contribution is -2.25. The lowest BCUT2D eigenvalue weighted by atomic mass is 9.95. The van der Waals surface area contributed by atoms with E-state index in [-0.39, 0.29) is 0 Å². The molecular weight excluding hydrogens is 258 g/mol. The maximum Gasteiger partial charge on any atom is 0.0716 e. The molecule has 0 aromatic heterocycles. The molecule has 2 aromatic carbocycles. The molecule has 0 bridgehead atoms. The second-order valence-electron chi connectivity index (χ2n) is 5.71. The smallest absolute Gasteiger partial charge is 0.0716 e. The Kier molecular flexibility index (Phi) is 5.97. The Morgan fingerprint density at radius 2 is 1.52 bits per heavy atom. The van der Waals surface area contributed by atoms with Gasteiger partial charge in [-0.15, -0.1) is 0 Å². The molecule has 0 aliphatic rings. The first kappa shape index (κ1) is 15.7. The molecule has 2 aromatic rings. The van der Waals surface area contributed by atoms with Crippen molar-refractivity contribution in [1.82, 2.24) is 5.32 Å². The van der Waals surface area contributed by atoms with Crippen LogP contribution < -0.4 is 5.32 Å². The Balaban J connectivity index is 2.09. The van der Waals surface area contributed by atoms with Crippen LogP contribution in [0.1, 0.15) is 36.6 Å². The molecule has 0 aliphatic carbocycles. The van der Waals surface area contributed by atoms with Crippen LogP contribution in [-0.4, -0.2) is 7.11 Å². The van der Waals surface area contributed by atoms with Crippen molar-refractivity contribution in [2.75, 3.05) is 7.11 Å². The Morgan fingerprint density at radius 3 is 2.14 bits per heavy atom. The molecule has 21 heavy (non-hydrogen) atoms. The zero-order chi connectivity index (χ0) is 15.1. The first-order valence-electron chi connectivity index (χ1n) is 7.56. The molecule has 0 radical (unpaired) electrons. The minimum Gasteiger partial charge on any atom is -0.380 e. The number of benzene rings is 2. The van der Waals surface area contributed by atoms with E-state index in [2.05, 4.69) is 73.8 Å². The van der Waals surface area contributed by atoms with Gasteiger partial charge in [0.2, 0.25) is 0 Å². The molecule has 0 aliphatic heterocycles. The van der Waals surface area contributed by atoms with Crippen molar-refractivity contribution in [1.29, 1.82) is 0 Å². The highest BCUT2D eigenvalue weighted by atomic mass is 16.5. The van der Waals surface area contributed by atoms with Crippen molar-refractivity contribution in [3.8, 4) is 0 Å². The summed E-state index contributed by atoms with van der Waals surface area (Å²) in [6.45, 7) is 6.03. The molecular formula is C19H25NO. The number of nitrogens with one attached hydrogen (secondary N) is 1. The van der Waals surface area contributed by atoms with Crippen LogP contribution >= 0.6 is 0 Å². The lowest BCUT2D eigenvalue weighted by Gasteiger charge is -2.23. The zero-order valence-electron chi connectivity index (χ0n) is 13.2. The van der Waals surface area contributed by atoms with E-state index in [9.17, 15) is 0 Å². The molecule has 2 nitrogen and oxygen atoms in total. The van der Waals surface area contributed by atoms with Gasteiger partial charge in [-0.3, -0.25) is 0 Å². The molecule has 0 spiro atoms. The van der Waals surface area contributed by atoms with Gasteiger partial charge in [0.15, 0.2) is 0 Å². The Bertz CT molecular complexity index is 536. The van der Waals surface area contributed by atoms with Crippen molar-refractivity contribution < 1.29 is 4.74 Å². The fourth-order valence-corrected chi connectivity index (χ4v) is 2.65. The van der Waals surface area contributed by atoms with Crippen LogP contribution in [0.25, 0.3) is 0 Å². The molecule has 1 unspecified atom stereocenters. The maximum absolute atomic E-state index is 5.28. The van der Waals surface area contributed by atoms with E-state index in [0.29, 0.717) is 18.6 Å². The van der Waals surface area contributed by atoms with E-state index in [1.54, 1.807) is 7.11 Å². The monoisotopic (exact) mass is 283 g/mol. The molecule has 1 N–H and O–H groups in total. The highest BCUT2D eigenvalue weighted by Gasteiger charge is 2.15. The average Bonchev–Trinajstić information content (AvgIpc) is 2.50. The van der Waals surface area contributed by atoms with E-state index in [1.165, 1.54) is 16.7 Å². The van der Waals surface area contributed by atoms with Crippen LogP contribution in [0.3, 0.4) is 0 Å². The first-order valence-corrected chi connectivity index (χ1v) is 7.56. The molecule has 2 rings (SSSR count). The summed E-state index contributed by atoms with van der Waals surface area (Å²) in [5, 5.41) is 3.70. The second-order valence-corrected chi connectivity index (χ2v) is 5.71. The molecule has 112 valence electrons. The van der Waals surface area contributed by atoms with Crippen LogP contribution in [0.5, 0.6) is 0 Å². The predicted octanol–water partition coefficient (Wildman–Crippen LogP) is 4.32. The highest BCUT2D eigenvalue weighted by Crippen LogP contribution is 2.22. The van der Waals surface area contributed by atoms with Gasteiger partial charge in [-0.05, 0) is 22.6 Å². The van der Waals surface area contributed by atoms with Crippen molar-refractivity contribution in [2.45, 2.75) is 33.0 Å². The third-order valence-corrected chi connectivity index (χ3v) is 3.76. The van der Waals surface area contributed by atoms with Crippen LogP contribution in [0, 0.1) is 5.92 Å². The van der Waals surface area contributed by atoms with Gasteiger partial charge in [0.1, 0.15) is 0 Å². The topological polar surface area (TPSA) is 21.3 Å². The van der Waals surface area contributed by atoms with Gasteiger partial charge in [0, 0.05) is 19.7 Å². The van der Waals surface area contributed by atoms with E-state index in [4.69, 9.17) is 4.74 Å². The SMILES string of the molecule is COCc1ccccc1CNC(c1ccccc1)C(C)C. The van der Waals surface area contributed by atoms with Gasteiger partial charge < -0.3 is 10.1 Å². The van der Waals surface area contributed by atoms with E-state index in [1.807, 2.05) is 0 Å². The van der Waals surface area contributed by atoms with E-state index in [0.717, 1.165) is 6.54 Å². The summed E-state index contributed by atoms with van der Waals surface area (Å²) in [5.74, 6) is 0.544. The molecule has 2 heteroatoms. The number of ether oxygens (including phenoxy) is 1. The standard InChI is InChI=1S/C19H25NO/c1-15(2)19(16-9-5-4-6-10-16)20-13-17-11-7-8-12-18(17)14-21-3/h4-12,15,19-20H,13-14H2,1-3H3. The summed E-state index contributed by atoms with van der Waals surface area (Å²) in [6, 6.07) is 19.5. The molecule has 0 saturated heterocycles. The zero-order valence-corrected chi connectivity index (χ0v) is 13.2. The highest BCUT2D eigenvalue weighted by molar-refractivity contribution is 5.27. The molecule has 0 amide bonds. The quantitative estimate of drug-likeness (QED) is 0.817. The second kappa shape index (κ2) is 7.96. The summed E-state index contributed by atoms with van der Waals surface area (Å²) in [6.07, 6.45) is 0. The first-order chi connectivity index (χ1) is 10.2. The summed E-state index contributed by atoms with van der Waals surface area (Å²) in [5.41, 5.74) is 3.90. The molecule has 0 saturated carbocycles. The van der Waals surface area contributed by atoms with Crippen LogP contribution in [0.4, 0.5) is 0 Å². The molecule has 0 fully saturated rings. The summed E-state index contributed by atoms with van der Waals surface area (Å²) >= 11 is 0. The molecule has 1 atom stereocenters. The fraction of sp³-hybridized carbons (Fsp3) is 0.368. The third-order valence-electron chi connectivity index (χ3n) is 3.76. The lowest BCUT2D eigenvalue weighted by molar-refractivity contribution is 0.184. The molecule has 0 heterocycles. The Labute approximate surface area is 128 Å². The van der Waals surface area contributed by atoms with Gasteiger partial charge in [0.25, 0.3) is 0 Å². The van der Waals surface area contributed by atoms with Crippen LogP contribution in [0.2, 0.25) is 0 Å². The third kappa shape index (κ3) is 4.42. The van der Waals surface area contributed by atoms with Crippen LogP contribution in [-0.2, 0) is 17.9 Å². The Morgan fingerprint density at radius 1 is 0.905 bits per heavy atom. The average molecular weight is 283 g/mol. The fourth-order valence-electron chi connectivity index (χ4n) is 2.65. The van der Waals surface area contributed by atoms with Gasteiger partial charge in [-0.25, -0.2) is 0 Å². The van der Waals surface area contributed by atoms with Crippen molar-refractivity contribution in [3.63, 3.8) is 0 Å².